The van der Waals surface area contributed by atoms with Crippen LogP contribution in [0.15, 0.2) is 0 Å². The predicted molar refractivity (Wildman–Crippen MR) is 35.4 cm³/mol. The molecule has 0 saturated carbocycles. The lowest BCUT2D eigenvalue weighted by Gasteiger charge is -2.03. The fraction of sp³-hybridized carbons (Fsp3) is 0.800. The molecule has 3 nitrogen and oxygen atoms in total. The van der Waals surface area contributed by atoms with Gasteiger partial charge in [-0.1, -0.05) is 0 Å². The summed E-state index contributed by atoms with van der Waals surface area (Å²) >= 11 is 5.14. The number of rotatable bonds is 3. The Bertz CT molecular complexity index is 95.0. The molecule has 2 N–H and O–H groups in total. The molecule has 1 amide bonds. The van der Waals surface area contributed by atoms with E-state index in [-0.39, 0.29) is 18.3 Å². The summed E-state index contributed by atoms with van der Waals surface area (Å²) in [6, 6.07) is 0. The minimum atomic E-state index is -0.503. The van der Waals surface area contributed by atoms with Gasteiger partial charge in [-0.25, -0.2) is 0 Å². The van der Waals surface area contributed by atoms with Gasteiger partial charge in [-0.3, -0.25) is 4.79 Å². The topological polar surface area (TPSA) is 49.3 Å². The monoisotopic (exact) mass is 151 g/mol. The Morgan fingerprint density at radius 1 is 1.89 bits per heavy atom. The second-order valence-corrected chi connectivity index (χ2v) is 2.05. The molecular formula is C5H10ClNO2. The molecule has 0 saturated heterocycles. The molecule has 0 bridgehead atoms. The van der Waals surface area contributed by atoms with Crippen LogP contribution in [0, 0.1) is 0 Å². The zero-order valence-electron chi connectivity index (χ0n) is 5.22. The van der Waals surface area contributed by atoms with Crippen LogP contribution in [0.5, 0.6) is 0 Å². The summed E-state index contributed by atoms with van der Waals surface area (Å²) < 4.78 is 0. The third-order valence-corrected chi connectivity index (χ3v) is 0.959. The number of amides is 1. The molecule has 1 atom stereocenters. The summed E-state index contributed by atoms with van der Waals surface area (Å²) in [5.74, 6) is -0.301. The number of carbonyl (C=O) groups excluding carboxylic acids is 1. The largest absolute Gasteiger partial charge is 0.392 e. The second-order valence-electron chi connectivity index (χ2n) is 1.79. The second kappa shape index (κ2) is 4.58. The van der Waals surface area contributed by atoms with Crippen LogP contribution in [0.25, 0.3) is 0 Å². The van der Waals surface area contributed by atoms with Crippen molar-refractivity contribution in [1.29, 1.82) is 0 Å². The highest BCUT2D eigenvalue weighted by Gasteiger charge is 1.98. The van der Waals surface area contributed by atoms with E-state index in [0.717, 1.165) is 0 Å². The van der Waals surface area contributed by atoms with Gasteiger partial charge >= 0.3 is 0 Å². The summed E-state index contributed by atoms with van der Waals surface area (Å²) in [5, 5.41) is 11.0. The van der Waals surface area contributed by atoms with E-state index < -0.39 is 6.10 Å². The van der Waals surface area contributed by atoms with Crippen molar-refractivity contribution in [3.8, 4) is 0 Å². The Kier molecular flexibility index (Phi) is 4.44. The van der Waals surface area contributed by atoms with Gasteiger partial charge < -0.3 is 10.4 Å². The smallest absolute Gasteiger partial charge is 0.235 e. The van der Waals surface area contributed by atoms with Crippen molar-refractivity contribution in [2.24, 2.45) is 0 Å². The first-order chi connectivity index (χ1) is 4.16. The van der Waals surface area contributed by atoms with Crippen LogP contribution in [0.4, 0.5) is 0 Å². The summed E-state index contributed by atoms with van der Waals surface area (Å²) in [7, 11) is 0. The van der Waals surface area contributed by atoms with Gasteiger partial charge in [0, 0.05) is 6.54 Å². The maximum atomic E-state index is 10.4. The fourth-order valence-corrected chi connectivity index (χ4v) is 0.403. The SMILES string of the molecule is C[C@@H](O)CNC(=O)CCl. The normalized spacial score (nSPS) is 12.8. The van der Waals surface area contributed by atoms with Gasteiger partial charge in [0.15, 0.2) is 0 Å². The molecule has 0 fully saturated rings. The van der Waals surface area contributed by atoms with Crippen molar-refractivity contribution in [3.05, 3.63) is 0 Å². The third-order valence-electron chi connectivity index (χ3n) is 0.716. The lowest BCUT2D eigenvalue weighted by atomic mass is 10.4. The molecule has 4 heteroatoms. The van der Waals surface area contributed by atoms with Gasteiger partial charge in [-0.15, -0.1) is 11.6 Å². The van der Waals surface area contributed by atoms with Crippen LogP contribution >= 0.6 is 11.6 Å². The first-order valence-corrected chi connectivity index (χ1v) is 3.21. The van der Waals surface area contributed by atoms with Crippen molar-refractivity contribution in [2.45, 2.75) is 13.0 Å². The van der Waals surface area contributed by atoms with Gasteiger partial charge in [0.1, 0.15) is 5.88 Å². The molecule has 0 aliphatic rings. The summed E-state index contributed by atoms with van der Waals surface area (Å²) in [6.07, 6.45) is -0.503. The van der Waals surface area contributed by atoms with Crippen molar-refractivity contribution in [1.82, 2.24) is 5.32 Å². The standard InChI is InChI=1S/C5H10ClNO2/c1-4(8)3-7-5(9)2-6/h4,8H,2-3H2,1H3,(H,7,9)/t4-/m1/s1. The van der Waals surface area contributed by atoms with Crippen LogP contribution in [-0.2, 0) is 4.79 Å². The lowest BCUT2D eigenvalue weighted by molar-refractivity contribution is -0.119. The van der Waals surface area contributed by atoms with Crippen LogP contribution in [0.1, 0.15) is 6.92 Å². The quantitative estimate of drug-likeness (QED) is 0.546. The molecule has 0 unspecified atom stereocenters. The number of halogens is 1. The van der Waals surface area contributed by atoms with E-state index in [9.17, 15) is 4.79 Å². The van der Waals surface area contributed by atoms with Gasteiger partial charge in [0.25, 0.3) is 0 Å². The van der Waals surface area contributed by atoms with Crippen LogP contribution in [-0.4, -0.2) is 29.5 Å². The molecule has 0 aromatic heterocycles. The minimum absolute atomic E-state index is 0.0489. The van der Waals surface area contributed by atoms with Crippen molar-refractivity contribution >= 4 is 17.5 Å². The highest BCUT2D eigenvalue weighted by molar-refractivity contribution is 6.27. The highest BCUT2D eigenvalue weighted by atomic mass is 35.5. The molecule has 0 aromatic carbocycles. The lowest BCUT2D eigenvalue weighted by Crippen LogP contribution is -2.31. The molecule has 9 heavy (non-hydrogen) atoms. The number of alkyl halides is 1. The number of hydrogen-bond acceptors (Lipinski definition) is 2. The molecule has 0 spiro atoms. The Morgan fingerprint density at radius 3 is 2.78 bits per heavy atom. The Morgan fingerprint density at radius 2 is 2.44 bits per heavy atom. The molecule has 0 rings (SSSR count). The Labute approximate surface area is 59.0 Å². The zero-order valence-corrected chi connectivity index (χ0v) is 5.98. The number of aliphatic hydroxyl groups excluding tert-OH is 1. The molecule has 54 valence electrons. The van der Waals surface area contributed by atoms with Gasteiger partial charge in [-0.05, 0) is 6.92 Å². The molecule has 0 aliphatic heterocycles. The molecule has 0 aromatic rings. The summed E-state index contributed by atoms with van der Waals surface area (Å²) in [4.78, 5) is 10.4. The number of aliphatic hydroxyl groups is 1. The van der Waals surface area contributed by atoms with E-state index in [2.05, 4.69) is 5.32 Å². The average molecular weight is 152 g/mol. The van der Waals surface area contributed by atoms with Crippen molar-refractivity contribution in [3.63, 3.8) is 0 Å². The van der Waals surface area contributed by atoms with E-state index >= 15 is 0 Å². The number of nitrogens with one attached hydrogen (secondary N) is 1. The van der Waals surface area contributed by atoms with E-state index in [1.807, 2.05) is 0 Å². The highest BCUT2D eigenvalue weighted by Crippen LogP contribution is 1.77. The van der Waals surface area contributed by atoms with Crippen molar-refractivity contribution < 1.29 is 9.90 Å². The maximum absolute atomic E-state index is 10.4. The van der Waals surface area contributed by atoms with Gasteiger partial charge in [0.2, 0.25) is 5.91 Å². The first-order valence-electron chi connectivity index (χ1n) is 2.67. The zero-order chi connectivity index (χ0) is 7.28. The van der Waals surface area contributed by atoms with E-state index in [0.29, 0.717) is 0 Å². The molecule has 0 aliphatic carbocycles. The molecule has 0 heterocycles. The van der Waals surface area contributed by atoms with Crippen LogP contribution in [0.3, 0.4) is 0 Å². The predicted octanol–water partition coefficient (Wildman–Crippen LogP) is -0.278. The van der Waals surface area contributed by atoms with Gasteiger partial charge in [0.05, 0.1) is 6.10 Å². The van der Waals surface area contributed by atoms with E-state index in [1.54, 1.807) is 6.92 Å². The minimum Gasteiger partial charge on any atom is -0.392 e. The average Bonchev–Trinajstić information content (AvgIpc) is 1.83. The third kappa shape index (κ3) is 5.59. The van der Waals surface area contributed by atoms with Crippen molar-refractivity contribution in [2.75, 3.05) is 12.4 Å². The summed E-state index contributed by atoms with van der Waals surface area (Å²) in [6.45, 7) is 1.86. The van der Waals surface area contributed by atoms with Crippen LogP contribution < -0.4 is 5.32 Å². The molecule has 0 radical (unpaired) electrons. The number of carbonyl (C=O) groups is 1. The Hall–Kier alpha value is -0.280. The molecular weight excluding hydrogens is 142 g/mol. The van der Waals surface area contributed by atoms with Gasteiger partial charge in [-0.2, -0.15) is 0 Å². The fourth-order valence-electron chi connectivity index (χ4n) is 0.309. The van der Waals surface area contributed by atoms with E-state index in [4.69, 9.17) is 16.7 Å². The van der Waals surface area contributed by atoms with E-state index in [1.165, 1.54) is 0 Å². The first kappa shape index (κ1) is 8.72. The Balaban J connectivity index is 3.17. The maximum Gasteiger partial charge on any atom is 0.235 e. The number of hydrogen-bond donors (Lipinski definition) is 2. The summed E-state index contributed by atoms with van der Waals surface area (Å²) in [5.41, 5.74) is 0. The van der Waals surface area contributed by atoms with Crippen LogP contribution in [0.2, 0.25) is 0 Å².